The van der Waals surface area contributed by atoms with Gasteiger partial charge in [0.25, 0.3) is 5.91 Å². The van der Waals surface area contributed by atoms with E-state index in [1.54, 1.807) is 42.6 Å². The number of hydrogen-bond acceptors (Lipinski definition) is 6. The van der Waals surface area contributed by atoms with E-state index in [0.717, 1.165) is 0 Å². The minimum Gasteiger partial charge on any atom is -0.464 e. The van der Waals surface area contributed by atoms with E-state index in [-0.39, 0.29) is 22.9 Å². The average Bonchev–Trinajstić information content (AvgIpc) is 3.05. The molecule has 0 spiro atoms. The van der Waals surface area contributed by atoms with Crippen molar-refractivity contribution in [1.82, 2.24) is 9.55 Å². The Hall–Kier alpha value is -4.12. The maximum atomic E-state index is 12.2. The lowest BCUT2D eigenvalue weighted by molar-refractivity contribution is 0.0593. The fourth-order valence-electron chi connectivity index (χ4n) is 2.52. The average molecular weight is 361 g/mol. The molecule has 0 radical (unpaired) electrons. The summed E-state index contributed by atoms with van der Waals surface area (Å²) in [5, 5.41) is 11.9. The van der Waals surface area contributed by atoms with Gasteiger partial charge in [-0.1, -0.05) is 0 Å². The van der Waals surface area contributed by atoms with Gasteiger partial charge in [0.15, 0.2) is 5.69 Å². The van der Waals surface area contributed by atoms with Crippen LogP contribution in [0.2, 0.25) is 0 Å². The monoisotopic (exact) mass is 361 g/mol. The summed E-state index contributed by atoms with van der Waals surface area (Å²) in [7, 11) is 1.24. The van der Waals surface area contributed by atoms with Crippen molar-refractivity contribution in [2.75, 3.05) is 18.2 Å². The molecule has 0 aliphatic carbocycles. The molecule has 2 heterocycles. The number of esters is 1. The molecular formula is C19H15N5O3. The number of nitrogens with two attached hydrogens (primary N) is 1. The summed E-state index contributed by atoms with van der Waals surface area (Å²) < 4.78 is 6.23. The number of aromatic nitrogens is 2. The Kier molecular flexibility index (Phi) is 4.86. The van der Waals surface area contributed by atoms with Crippen LogP contribution in [0.4, 0.5) is 11.4 Å². The smallest absolute Gasteiger partial charge is 0.357 e. The molecule has 2 aromatic heterocycles. The van der Waals surface area contributed by atoms with E-state index in [9.17, 15) is 9.59 Å². The summed E-state index contributed by atoms with van der Waals surface area (Å²) in [5.74, 6) is -0.939. The third kappa shape index (κ3) is 3.48. The molecular weight excluding hydrogens is 346 g/mol. The number of pyridine rings is 1. The fraction of sp³-hybridized carbons (Fsp3) is 0.0526. The standard InChI is InChI=1S/C19H15N5O3/c1-27-19(26)17-16(21)13(9-20)11-24(17)15-6-4-14(5-7-15)23-18(25)12-3-2-8-22-10-12/h2-8,10-11H,21H2,1H3,(H,23,25). The van der Waals surface area contributed by atoms with Gasteiger partial charge in [0.2, 0.25) is 0 Å². The van der Waals surface area contributed by atoms with Gasteiger partial charge in [-0.25, -0.2) is 4.79 Å². The van der Waals surface area contributed by atoms with Crippen LogP contribution in [0.5, 0.6) is 0 Å². The minimum absolute atomic E-state index is 0.0540. The number of ether oxygens (including phenoxy) is 1. The zero-order valence-electron chi connectivity index (χ0n) is 14.3. The first-order valence-electron chi connectivity index (χ1n) is 7.86. The maximum absolute atomic E-state index is 12.2. The molecule has 3 rings (SSSR count). The molecule has 0 saturated carbocycles. The zero-order valence-corrected chi connectivity index (χ0v) is 14.3. The molecule has 134 valence electrons. The lowest BCUT2D eigenvalue weighted by Crippen LogP contribution is -2.12. The Balaban J connectivity index is 1.89. The van der Waals surface area contributed by atoms with Gasteiger partial charge >= 0.3 is 5.97 Å². The second-order valence-corrected chi connectivity index (χ2v) is 5.52. The topological polar surface area (TPSA) is 123 Å². The van der Waals surface area contributed by atoms with Gasteiger partial charge in [-0.15, -0.1) is 0 Å². The summed E-state index contributed by atoms with van der Waals surface area (Å²) in [5.41, 5.74) is 7.76. The molecule has 3 N–H and O–H groups in total. The van der Waals surface area contributed by atoms with Crippen LogP contribution in [-0.4, -0.2) is 28.5 Å². The largest absolute Gasteiger partial charge is 0.464 e. The van der Waals surface area contributed by atoms with Crippen molar-refractivity contribution in [2.45, 2.75) is 0 Å². The highest BCUT2D eigenvalue weighted by atomic mass is 16.5. The molecule has 3 aromatic rings. The van der Waals surface area contributed by atoms with E-state index in [4.69, 9.17) is 15.7 Å². The van der Waals surface area contributed by atoms with Crippen molar-refractivity contribution in [3.63, 3.8) is 0 Å². The van der Waals surface area contributed by atoms with E-state index in [2.05, 4.69) is 10.3 Å². The molecule has 0 aliphatic rings. The number of hydrogen-bond donors (Lipinski definition) is 2. The normalized spacial score (nSPS) is 10.1. The van der Waals surface area contributed by atoms with Crippen LogP contribution in [0.1, 0.15) is 26.4 Å². The Morgan fingerprint density at radius 1 is 1.26 bits per heavy atom. The molecule has 0 fully saturated rings. The van der Waals surface area contributed by atoms with Crippen LogP contribution in [0.3, 0.4) is 0 Å². The number of nitrogen functional groups attached to an aromatic ring is 1. The van der Waals surface area contributed by atoms with E-state index >= 15 is 0 Å². The first-order valence-corrected chi connectivity index (χ1v) is 7.86. The van der Waals surface area contributed by atoms with Crippen molar-refractivity contribution in [3.8, 4) is 11.8 Å². The number of nitriles is 1. The molecule has 0 saturated heterocycles. The summed E-state index contributed by atoms with van der Waals surface area (Å²) >= 11 is 0. The van der Waals surface area contributed by atoms with Crippen LogP contribution in [-0.2, 0) is 4.74 Å². The van der Waals surface area contributed by atoms with Crippen LogP contribution < -0.4 is 11.1 Å². The number of amides is 1. The Morgan fingerprint density at radius 3 is 2.59 bits per heavy atom. The van der Waals surface area contributed by atoms with E-state index in [1.807, 2.05) is 6.07 Å². The van der Waals surface area contributed by atoms with Crippen molar-refractivity contribution in [1.29, 1.82) is 5.26 Å². The number of benzene rings is 1. The van der Waals surface area contributed by atoms with Crippen LogP contribution in [0, 0.1) is 11.3 Å². The van der Waals surface area contributed by atoms with Crippen molar-refractivity contribution in [3.05, 3.63) is 71.8 Å². The van der Waals surface area contributed by atoms with Gasteiger partial charge < -0.3 is 20.4 Å². The molecule has 1 aromatic carbocycles. The van der Waals surface area contributed by atoms with Crippen LogP contribution in [0.15, 0.2) is 55.0 Å². The van der Waals surface area contributed by atoms with Gasteiger partial charge in [-0.05, 0) is 36.4 Å². The molecule has 1 amide bonds. The Bertz CT molecular complexity index is 1030. The highest BCUT2D eigenvalue weighted by molar-refractivity contribution is 6.04. The molecule has 0 unspecified atom stereocenters. The van der Waals surface area contributed by atoms with Crippen LogP contribution in [0.25, 0.3) is 5.69 Å². The van der Waals surface area contributed by atoms with Crippen LogP contribution >= 0.6 is 0 Å². The molecule has 27 heavy (non-hydrogen) atoms. The van der Waals surface area contributed by atoms with Gasteiger partial charge in [-0.2, -0.15) is 5.26 Å². The van der Waals surface area contributed by atoms with Crippen molar-refractivity contribution < 1.29 is 14.3 Å². The lowest BCUT2D eigenvalue weighted by atomic mass is 10.2. The maximum Gasteiger partial charge on any atom is 0.357 e. The summed E-state index contributed by atoms with van der Waals surface area (Å²) in [6.07, 6.45) is 4.52. The second-order valence-electron chi connectivity index (χ2n) is 5.52. The Morgan fingerprint density at radius 2 is 2.00 bits per heavy atom. The summed E-state index contributed by atoms with van der Waals surface area (Å²) in [6.45, 7) is 0. The minimum atomic E-state index is -0.650. The van der Waals surface area contributed by atoms with Crippen molar-refractivity contribution in [2.24, 2.45) is 0 Å². The molecule has 0 bridgehead atoms. The molecule has 8 nitrogen and oxygen atoms in total. The SMILES string of the molecule is COC(=O)c1c(N)c(C#N)cn1-c1ccc(NC(=O)c2cccnc2)cc1. The van der Waals surface area contributed by atoms with E-state index < -0.39 is 5.97 Å². The quantitative estimate of drug-likeness (QED) is 0.688. The van der Waals surface area contributed by atoms with Gasteiger partial charge in [0.1, 0.15) is 6.07 Å². The zero-order chi connectivity index (χ0) is 19.4. The summed E-state index contributed by atoms with van der Waals surface area (Å²) in [6, 6.07) is 12.0. The second kappa shape index (κ2) is 7.41. The number of anilines is 2. The van der Waals surface area contributed by atoms with Gasteiger partial charge in [0, 0.05) is 30.0 Å². The number of carbonyl (C=O) groups excluding carboxylic acids is 2. The lowest BCUT2D eigenvalue weighted by Gasteiger charge is -2.10. The Labute approximate surface area is 154 Å². The first kappa shape index (κ1) is 17.7. The van der Waals surface area contributed by atoms with Gasteiger partial charge in [-0.3, -0.25) is 9.78 Å². The molecule has 0 atom stereocenters. The third-order valence-electron chi connectivity index (χ3n) is 3.87. The molecule has 0 aliphatic heterocycles. The van der Waals surface area contributed by atoms with E-state index in [1.165, 1.54) is 24.1 Å². The number of nitrogens with one attached hydrogen (secondary N) is 1. The third-order valence-corrected chi connectivity index (χ3v) is 3.87. The number of rotatable bonds is 4. The summed E-state index contributed by atoms with van der Waals surface area (Å²) in [4.78, 5) is 28.1. The number of nitrogens with zero attached hydrogens (tertiary/aromatic N) is 3. The predicted octanol–water partition coefficient (Wildman–Crippen LogP) is 2.37. The number of carbonyl (C=O) groups is 2. The predicted molar refractivity (Wildman–Crippen MR) is 98.4 cm³/mol. The highest BCUT2D eigenvalue weighted by Crippen LogP contribution is 2.25. The van der Waals surface area contributed by atoms with E-state index in [0.29, 0.717) is 16.9 Å². The van der Waals surface area contributed by atoms with Gasteiger partial charge in [0.05, 0.1) is 23.9 Å². The fourth-order valence-corrected chi connectivity index (χ4v) is 2.52. The van der Waals surface area contributed by atoms with Crippen molar-refractivity contribution >= 4 is 23.3 Å². The number of methoxy groups -OCH3 is 1. The molecule has 8 heteroatoms. The first-order chi connectivity index (χ1) is 13.0. The highest BCUT2D eigenvalue weighted by Gasteiger charge is 2.21.